The van der Waals surface area contributed by atoms with Gasteiger partial charge in [0.05, 0.1) is 18.9 Å². The Labute approximate surface area is 98.4 Å². The molecule has 0 saturated carbocycles. The molecule has 92 valence electrons. The van der Waals surface area contributed by atoms with E-state index in [1.54, 1.807) is 0 Å². The first-order chi connectivity index (χ1) is 8.25. The van der Waals surface area contributed by atoms with Crippen LogP contribution in [0.2, 0.25) is 0 Å². The third kappa shape index (κ3) is 3.47. The molecule has 6 heteroatoms. The summed E-state index contributed by atoms with van der Waals surface area (Å²) in [5.74, 6) is -0.777. The van der Waals surface area contributed by atoms with Crippen molar-refractivity contribution in [3.8, 4) is 0 Å². The Kier molecular flexibility index (Phi) is 4.00. The van der Waals surface area contributed by atoms with E-state index in [0.717, 1.165) is 19.3 Å². The molecule has 2 rings (SSSR count). The number of ether oxygens (including phenoxy) is 1. The normalized spacial score (nSPS) is 19.9. The molecule has 17 heavy (non-hydrogen) atoms. The molecule has 1 fully saturated rings. The molecule has 0 aromatic carbocycles. The number of aromatic nitrogens is 1. The van der Waals surface area contributed by atoms with Crippen LogP contribution in [0, 0.1) is 5.82 Å². The van der Waals surface area contributed by atoms with Gasteiger partial charge >= 0.3 is 0 Å². The Bertz CT molecular complexity index is 377. The highest BCUT2D eigenvalue weighted by molar-refractivity contribution is 5.92. The van der Waals surface area contributed by atoms with E-state index in [0.29, 0.717) is 13.2 Å². The average molecular weight is 239 g/mol. The zero-order valence-corrected chi connectivity index (χ0v) is 9.28. The van der Waals surface area contributed by atoms with Crippen LogP contribution in [-0.2, 0) is 4.74 Å². The monoisotopic (exact) mass is 239 g/mol. The van der Waals surface area contributed by atoms with Crippen molar-refractivity contribution >= 4 is 5.91 Å². The highest BCUT2D eigenvalue weighted by atomic mass is 19.1. The Morgan fingerprint density at radius 2 is 2.53 bits per heavy atom. The summed E-state index contributed by atoms with van der Waals surface area (Å²) in [7, 11) is 0. The number of pyridine rings is 1. The first-order valence-electron chi connectivity index (χ1n) is 5.48. The molecule has 1 aliphatic rings. The molecule has 0 bridgehead atoms. The topological polar surface area (TPSA) is 63.2 Å². The number of nitrogens with one attached hydrogen (secondary N) is 2. The first-order valence-corrected chi connectivity index (χ1v) is 5.48. The summed E-state index contributed by atoms with van der Waals surface area (Å²) in [6.45, 7) is 2.63. The molecular weight excluding hydrogens is 225 g/mol. The van der Waals surface area contributed by atoms with Gasteiger partial charge in [0, 0.05) is 19.6 Å². The van der Waals surface area contributed by atoms with E-state index in [1.165, 1.54) is 12.1 Å². The summed E-state index contributed by atoms with van der Waals surface area (Å²) in [5.41, 5.74) is 0.204. The minimum Gasteiger partial charge on any atom is -0.374 e. The summed E-state index contributed by atoms with van der Waals surface area (Å²) in [5, 5.41) is 5.86. The van der Waals surface area contributed by atoms with E-state index in [2.05, 4.69) is 15.6 Å². The van der Waals surface area contributed by atoms with Crippen LogP contribution in [-0.4, -0.2) is 43.2 Å². The van der Waals surface area contributed by atoms with Gasteiger partial charge in [-0.1, -0.05) is 0 Å². The van der Waals surface area contributed by atoms with Gasteiger partial charge in [-0.15, -0.1) is 0 Å². The number of morpholine rings is 1. The van der Waals surface area contributed by atoms with Crippen molar-refractivity contribution in [3.05, 3.63) is 29.8 Å². The molecule has 0 spiro atoms. The second-order valence-corrected chi connectivity index (χ2v) is 3.77. The van der Waals surface area contributed by atoms with E-state index in [4.69, 9.17) is 4.74 Å². The highest BCUT2D eigenvalue weighted by Crippen LogP contribution is 1.99. The largest absolute Gasteiger partial charge is 0.374 e. The Morgan fingerprint density at radius 3 is 3.18 bits per heavy atom. The number of rotatable bonds is 3. The molecule has 2 heterocycles. The molecule has 1 unspecified atom stereocenters. The summed E-state index contributed by atoms with van der Waals surface area (Å²) in [6.07, 6.45) is 1.00. The molecule has 0 radical (unpaired) electrons. The maximum absolute atomic E-state index is 12.6. The van der Waals surface area contributed by atoms with E-state index >= 15 is 0 Å². The zero-order chi connectivity index (χ0) is 12.1. The van der Waals surface area contributed by atoms with E-state index in [-0.39, 0.29) is 17.7 Å². The molecule has 1 aromatic heterocycles. The van der Waals surface area contributed by atoms with Crippen molar-refractivity contribution in [1.82, 2.24) is 15.6 Å². The number of amides is 1. The van der Waals surface area contributed by atoms with Crippen LogP contribution in [0.25, 0.3) is 0 Å². The lowest BCUT2D eigenvalue weighted by Crippen LogP contribution is -2.45. The Balaban J connectivity index is 1.82. The molecule has 1 atom stereocenters. The molecular formula is C11H14FN3O2. The van der Waals surface area contributed by atoms with Gasteiger partial charge in [-0.2, -0.15) is 0 Å². The summed E-state index contributed by atoms with van der Waals surface area (Å²) in [6, 6.07) is 2.56. The van der Waals surface area contributed by atoms with Crippen LogP contribution in [0.15, 0.2) is 18.3 Å². The van der Waals surface area contributed by atoms with E-state index < -0.39 is 5.82 Å². The Morgan fingerprint density at radius 1 is 1.65 bits per heavy atom. The average Bonchev–Trinajstić information content (AvgIpc) is 2.38. The van der Waals surface area contributed by atoms with Crippen LogP contribution in [0.4, 0.5) is 4.39 Å². The summed E-state index contributed by atoms with van der Waals surface area (Å²) < 4.78 is 18.0. The van der Waals surface area contributed by atoms with E-state index in [1.807, 2.05) is 0 Å². The smallest absolute Gasteiger partial charge is 0.269 e. The first kappa shape index (κ1) is 11.9. The molecule has 1 aliphatic heterocycles. The number of halogens is 1. The fourth-order valence-corrected chi connectivity index (χ4v) is 1.56. The van der Waals surface area contributed by atoms with Crippen LogP contribution in [0.5, 0.6) is 0 Å². The van der Waals surface area contributed by atoms with Gasteiger partial charge in [0.1, 0.15) is 11.5 Å². The predicted molar refractivity (Wildman–Crippen MR) is 59.1 cm³/mol. The van der Waals surface area contributed by atoms with Gasteiger partial charge < -0.3 is 15.4 Å². The molecule has 5 nitrogen and oxygen atoms in total. The van der Waals surface area contributed by atoms with Gasteiger partial charge in [0.2, 0.25) is 0 Å². The van der Waals surface area contributed by atoms with Crippen molar-refractivity contribution in [2.75, 3.05) is 26.2 Å². The van der Waals surface area contributed by atoms with Crippen LogP contribution < -0.4 is 10.6 Å². The van der Waals surface area contributed by atoms with Gasteiger partial charge in [-0.05, 0) is 12.1 Å². The van der Waals surface area contributed by atoms with Crippen LogP contribution >= 0.6 is 0 Å². The van der Waals surface area contributed by atoms with Crippen LogP contribution in [0.3, 0.4) is 0 Å². The summed E-state index contributed by atoms with van der Waals surface area (Å²) in [4.78, 5) is 15.3. The standard InChI is InChI=1S/C11H14FN3O2/c12-8-1-2-10(14-5-8)11(16)15-7-9-6-13-3-4-17-9/h1-2,5,9,13H,3-4,6-7H2,(H,15,16). The number of carbonyl (C=O) groups is 1. The second kappa shape index (κ2) is 5.70. The number of carbonyl (C=O) groups excluding carboxylic acids is 1. The minimum atomic E-state index is -0.457. The quantitative estimate of drug-likeness (QED) is 0.775. The fourth-order valence-electron chi connectivity index (χ4n) is 1.56. The second-order valence-electron chi connectivity index (χ2n) is 3.77. The van der Waals surface area contributed by atoms with Gasteiger partial charge in [0.15, 0.2) is 0 Å². The van der Waals surface area contributed by atoms with E-state index in [9.17, 15) is 9.18 Å². The SMILES string of the molecule is O=C(NCC1CNCCO1)c1ccc(F)cn1. The molecule has 1 saturated heterocycles. The molecule has 2 N–H and O–H groups in total. The third-order valence-corrected chi connectivity index (χ3v) is 2.45. The van der Waals surface area contributed by atoms with Crippen molar-refractivity contribution in [2.45, 2.75) is 6.10 Å². The maximum atomic E-state index is 12.6. The summed E-state index contributed by atoms with van der Waals surface area (Å²) >= 11 is 0. The molecule has 0 aliphatic carbocycles. The van der Waals surface area contributed by atoms with Gasteiger partial charge in [0.25, 0.3) is 5.91 Å². The molecule has 1 aromatic rings. The molecule has 1 amide bonds. The lowest BCUT2D eigenvalue weighted by molar-refractivity contribution is 0.0286. The number of nitrogens with zero attached hydrogens (tertiary/aromatic N) is 1. The van der Waals surface area contributed by atoms with Crippen molar-refractivity contribution in [1.29, 1.82) is 0 Å². The maximum Gasteiger partial charge on any atom is 0.269 e. The minimum absolute atomic E-state index is 0.0202. The van der Waals surface area contributed by atoms with Gasteiger partial charge in [-0.25, -0.2) is 9.37 Å². The lowest BCUT2D eigenvalue weighted by Gasteiger charge is -2.23. The van der Waals surface area contributed by atoms with Crippen molar-refractivity contribution in [3.63, 3.8) is 0 Å². The zero-order valence-electron chi connectivity index (χ0n) is 9.28. The van der Waals surface area contributed by atoms with Gasteiger partial charge in [-0.3, -0.25) is 4.79 Å². The van der Waals surface area contributed by atoms with Crippen molar-refractivity contribution in [2.24, 2.45) is 0 Å². The van der Waals surface area contributed by atoms with Crippen LogP contribution in [0.1, 0.15) is 10.5 Å². The predicted octanol–water partition coefficient (Wildman–Crippen LogP) is -0.0611. The van der Waals surface area contributed by atoms with Crippen molar-refractivity contribution < 1.29 is 13.9 Å². The Hall–Kier alpha value is -1.53. The number of hydrogen-bond donors (Lipinski definition) is 2. The lowest BCUT2D eigenvalue weighted by atomic mass is 10.3. The highest BCUT2D eigenvalue weighted by Gasteiger charge is 2.15. The number of hydrogen-bond acceptors (Lipinski definition) is 4. The third-order valence-electron chi connectivity index (χ3n) is 2.45. The fraction of sp³-hybridized carbons (Fsp3) is 0.455.